The number of nitrogens with one attached hydrogen (secondary N) is 1. The Morgan fingerprint density at radius 1 is 1.19 bits per heavy atom. The molecule has 26 heavy (non-hydrogen) atoms. The Balaban J connectivity index is 1.37. The number of carbonyl (C=O) groups excluding carboxylic acids is 1. The lowest BCUT2D eigenvalue weighted by atomic mass is 10.0. The zero-order valence-corrected chi connectivity index (χ0v) is 14.2. The van der Waals surface area contributed by atoms with Gasteiger partial charge in [0.2, 0.25) is 5.91 Å². The minimum Gasteiger partial charge on any atom is -0.378 e. The van der Waals surface area contributed by atoms with E-state index in [1.54, 1.807) is 24.3 Å². The highest BCUT2D eigenvalue weighted by Gasteiger charge is 2.15. The average molecular weight is 349 g/mol. The maximum absolute atomic E-state index is 12.2. The molecule has 1 aromatic heterocycles. The lowest BCUT2D eigenvalue weighted by Gasteiger charge is -2.09. The number of hydrogen-bond donors (Lipinski definition) is 1. The average Bonchev–Trinajstić information content (AvgIpc) is 3.33. The minimum absolute atomic E-state index is 0.232. The molecule has 1 aliphatic heterocycles. The molecular weight excluding hydrogens is 330 g/mol. The van der Waals surface area contributed by atoms with Gasteiger partial charge < -0.3 is 10.1 Å². The van der Waals surface area contributed by atoms with Crippen molar-refractivity contribution < 1.29 is 14.2 Å². The largest absolute Gasteiger partial charge is 0.378 e. The van der Waals surface area contributed by atoms with Crippen LogP contribution < -0.4 is 5.32 Å². The molecule has 0 bridgehead atoms. The van der Waals surface area contributed by atoms with Crippen molar-refractivity contribution in [1.29, 1.82) is 0 Å². The van der Waals surface area contributed by atoms with Crippen LogP contribution in [0.25, 0.3) is 17.1 Å². The fourth-order valence-corrected chi connectivity index (χ4v) is 3.09. The van der Waals surface area contributed by atoms with Gasteiger partial charge in [-0.15, -0.1) is 0 Å². The van der Waals surface area contributed by atoms with Crippen molar-refractivity contribution in [2.24, 2.45) is 0 Å². The van der Waals surface area contributed by atoms with Crippen molar-refractivity contribution >= 4 is 28.7 Å². The molecule has 1 fully saturated rings. The molecule has 1 amide bonds. The number of benzene rings is 2. The molecule has 0 spiro atoms. The first-order valence-corrected chi connectivity index (χ1v) is 8.69. The second-order valence-electron chi connectivity index (χ2n) is 6.34. The number of aromatic nitrogens is 2. The number of ether oxygens (including phenoxy) is 1. The van der Waals surface area contributed by atoms with Gasteiger partial charge >= 0.3 is 0 Å². The van der Waals surface area contributed by atoms with E-state index >= 15 is 0 Å². The Morgan fingerprint density at radius 2 is 2.08 bits per heavy atom. The molecule has 1 saturated heterocycles. The predicted molar refractivity (Wildman–Crippen MR) is 98.6 cm³/mol. The zero-order chi connectivity index (χ0) is 17.8. The standard InChI is InChI=1S/C20H19N3O3/c24-19(21-17-4-1-5-18-20(17)23-26-22-18)11-10-14-6-8-15(9-7-14)13-16-3-2-12-25-16/h1,4-11,16H,2-3,12-13H2,(H,21,24). The Bertz CT molecular complexity index is 925. The third-order valence-electron chi connectivity index (χ3n) is 4.44. The van der Waals surface area contributed by atoms with Crippen molar-refractivity contribution in [3.05, 3.63) is 59.7 Å². The van der Waals surface area contributed by atoms with Crippen LogP contribution in [0.2, 0.25) is 0 Å². The normalized spacial score (nSPS) is 17.2. The predicted octanol–water partition coefficient (Wildman–Crippen LogP) is 3.60. The number of rotatable bonds is 5. The summed E-state index contributed by atoms with van der Waals surface area (Å²) in [6, 6.07) is 13.5. The van der Waals surface area contributed by atoms with E-state index in [4.69, 9.17) is 9.37 Å². The van der Waals surface area contributed by atoms with Gasteiger partial charge in [-0.25, -0.2) is 4.63 Å². The number of carbonyl (C=O) groups is 1. The van der Waals surface area contributed by atoms with Gasteiger partial charge in [-0.3, -0.25) is 4.79 Å². The summed E-state index contributed by atoms with van der Waals surface area (Å²) in [6.45, 7) is 0.874. The smallest absolute Gasteiger partial charge is 0.248 e. The molecule has 1 aliphatic rings. The molecule has 1 atom stereocenters. The molecule has 2 aromatic carbocycles. The molecule has 2 heterocycles. The van der Waals surface area contributed by atoms with Crippen LogP contribution >= 0.6 is 0 Å². The molecule has 1 N–H and O–H groups in total. The number of amides is 1. The van der Waals surface area contributed by atoms with Crippen molar-refractivity contribution in [2.45, 2.75) is 25.4 Å². The molecule has 3 aromatic rings. The number of anilines is 1. The van der Waals surface area contributed by atoms with E-state index in [0.717, 1.165) is 31.4 Å². The second-order valence-corrected chi connectivity index (χ2v) is 6.34. The van der Waals surface area contributed by atoms with Gasteiger partial charge in [-0.05, 0) is 58.9 Å². The quantitative estimate of drug-likeness (QED) is 0.712. The van der Waals surface area contributed by atoms with Crippen LogP contribution in [0.4, 0.5) is 5.69 Å². The number of nitrogens with zero attached hydrogens (tertiary/aromatic N) is 2. The summed E-state index contributed by atoms with van der Waals surface area (Å²) in [5, 5.41) is 10.4. The summed E-state index contributed by atoms with van der Waals surface area (Å²) < 4.78 is 10.4. The van der Waals surface area contributed by atoms with Crippen molar-refractivity contribution in [3.8, 4) is 0 Å². The van der Waals surface area contributed by atoms with E-state index in [1.807, 2.05) is 12.1 Å². The Hall–Kier alpha value is -2.99. The van der Waals surface area contributed by atoms with Crippen LogP contribution in [0.3, 0.4) is 0 Å². The first-order chi connectivity index (χ1) is 12.8. The van der Waals surface area contributed by atoms with Gasteiger partial charge in [0.25, 0.3) is 0 Å². The van der Waals surface area contributed by atoms with E-state index in [-0.39, 0.29) is 5.91 Å². The van der Waals surface area contributed by atoms with E-state index in [9.17, 15) is 4.79 Å². The summed E-state index contributed by atoms with van der Waals surface area (Å²) in [6.07, 6.45) is 6.86. The van der Waals surface area contributed by atoms with E-state index in [2.05, 4.69) is 27.8 Å². The molecule has 6 heteroatoms. The molecule has 1 unspecified atom stereocenters. The molecular formula is C20H19N3O3. The van der Waals surface area contributed by atoms with Gasteiger partial charge in [-0.1, -0.05) is 30.3 Å². The highest BCUT2D eigenvalue weighted by Crippen LogP contribution is 2.20. The van der Waals surface area contributed by atoms with Crippen molar-refractivity contribution in [3.63, 3.8) is 0 Å². The summed E-state index contributed by atoms with van der Waals surface area (Å²) in [5.41, 5.74) is 3.94. The molecule has 4 rings (SSSR count). The van der Waals surface area contributed by atoms with Crippen molar-refractivity contribution in [1.82, 2.24) is 10.3 Å². The highest BCUT2D eigenvalue weighted by atomic mass is 16.6. The highest BCUT2D eigenvalue weighted by molar-refractivity contribution is 6.05. The van der Waals surface area contributed by atoms with Crippen LogP contribution in [-0.4, -0.2) is 28.9 Å². The van der Waals surface area contributed by atoms with Gasteiger partial charge in [0.1, 0.15) is 5.52 Å². The van der Waals surface area contributed by atoms with Crippen LogP contribution in [0.5, 0.6) is 0 Å². The van der Waals surface area contributed by atoms with Crippen LogP contribution in [0.1, 0.15) is 24.0 Å². The van der Waals surface area contributed by atoms with Gasteiger partial charge in [-0.2, -0.15) is 0 Å². The summed E-state index contributed by atoms with van der Waals surface area (Å²) in [4.78, 5) is 12.2. The van der Waals surface area contributed by atoms with E-state index < -0.39 is 0 Å². The third kappa shape index (κ3) is 3.81. The summed E-state index contributed by atoms with van der Waals surface area (Å²) in [5.74, 6) is -0.232. The molecule has 0 radical (unpaired) electrons. The lowest BCUT2D eigenvalue weighted by Crippen LogP contribution is -2.08. The first-order valence-electron chi connectivity index (χ1n) is 8.69. The zero-order valence-electron chi connectivity index (χ0n) is 14.2. The Kier molecular flexibility index (Phi) is 4.75. The Morgan fingerprint density at radius 3 is 2.88 bits per heavy atom. The fraction of sp³-hybridized carbons (Fsp3) is 0.250. The van der Waals surface area contributed by atoms with E-state index in [0.29, 0.717) is 22.8 Å². The Labute approximate surface area is 150 Å². The van der Waals surface area contributed by atoms with Crippen molar-refractivity contribution in [2.75, 3.05) is 11.9 Å². The molecule has 0 saturated carbocycles. The third-order valence-corrected chi connectivity index (χ3v) is 4.44. The molecule has 132 valence electrons. The number of hydrogen-bond acceptors (Lipinski definition) is 5. The van der Waals surface area contributed by atoms with Crippen LogP contribution in [0.15, 0.2) is 53.2 Å². The maximum Gasteiger partial charge on any atom is 0.248 e. The van der Waals surface area contributed by atoms with Gasteiger partial charge in [0.05, 0.1) is 11.8 Å². The second kappa shape index (κ2) is 7.49. The topological polar surface area (TPSA) is 77.2 Å². The minimum atomic E-state index is -0.232. The monoisotopic (exact) mass is 349 g/mol. The number of fused-ring (bicyclic) bond motifs is 1. The molecule has 0 aliphatic carbocycles. The van der Waals surface area contributed by atoms with Crippen LogP contribution in [-0.2, 0) is 16.0 Å². The fourth-order valence-electron chi connectivity index (χ4n) is 3.09. The van der Waals surface area contributed by atoms with Gasteiger partial charge in [0.15, 0.2) is 5.52 Å². The SMILES string of the molecule is O=C(C=Cc1ccc(CC2CCCO2)cc1)Nc1cccc2nonc12. The molecule has 6 nitrogen and oxygen atoms in total. The first kappa shape index (κ1) is 16.5. The maximum atomic E-state index is 12.2. The summed E-state index contributed by atoms with van der Waals surface area (Å²) in [7, 11) is 0. The lowest BCUT2D eigenvalue weighted by molar-refractivity contribution is -0.111. The van der Waals surface area contributed by atoms with Crippen LogP contribution in [0, 0.1) is 0 Å². The summed E-state index contributed by atoms with van der Waals surface area (Å²) >= 11 is 0. The van der Waals surface area contributed by atoms with E-state index in [1.165, 1.54) is 11.6 Å². The van der Waals surface area contributed by atoms with Gasteiger partial charge in [0, 0.05) is 12.7 Å².